The lowest BCUT2D eigenvalue weighted by Gasteiger charge is -2.37. The maximum absolute atomic E-state index is 6.94. The van der Waals surface area contributed by atoms with Crippen molar-refractivity contribution in [2.75, 3.05) is 32.1 Å². The van der Waals surface area contributed by atoms with E-state index in [0.717, 1.165) is 23.4 Å². The molecule has 0 aromatic heterocycles. The van der Waals surface area contributed by atoms with Crippen molar-refractivity contribution in [1.29, 1.82) is 0 Å². The lowest BCUT2D eigenvalue weighted by molar-refractivity contribution is 0.253. The molecular formula is C22H28ClN3. The lowest BCUT2D eigenvalue weighted by atomic mass is 9.85. The Morgan fingerprint density at radius 2 is 1.92 bits per heavy atom. The summed E-state index contributed by atoms with van der Waals surface area (Å²) in [5, 5.41) is 0.750. The Balaban J connectivity index is 1.66. The number of likely N-dealkylation sites (tertiary alicyclic amines) is 1. The topological polar surface area (TPSA) is 32.5 Å². The average Bonchev–Trinajstić information content (AvgIpc) is 2.99. The van der Waals surface area contributed by atoms with Crippen LogP contribution in [0.1, 0.15) is 36.0 Å². The average molecular weight is 370 g/mol. The van der Waals surface area contributed by atoms with Crippen LogP contribution in [0.25, 0.3) is 0 Å². The minimum atomic E-state index is -0.441. The van der Waals surface area contributed by atoms with Crippen LogP contribution in [-0.4, -0.2) is 38.1 Å². The molecule has 1 unspecified atom stereocenters. The normalized spacial score (nSPS) is 23.8. The van der Waals surface area contributed by atoms with Crippen LogP contribution in [0.3, 0.4) is 0 Å². The molecule has 0 saturated carbocycles. The van der Waals surface area contributed by atoms with Crippen molar-refractivity contribution in [3.63, 3.8) is 0 Å². The number of rotatable bonds is 3. The van der Waals surface area contributed by atoms with Gasteiger partial charge in [0.1, 0.15) is 0 Å². The van der Waals surface area contributed by atoms with E-state index in [1.807, 2.05) is 18.2 Å². The van der Waals surface area contributed by atoms with Crippen LogP contribution in [0.5, 0.6) is 0 Å². The molecule has 2 aromatic carbocycles. The van der Waals surface area contributed by atoms with Gasteiger partial charge in [0.2, 0.25) is 0 Å². The summed E-state index contributed by atoms with van der Waals surface area (Å²) in [5.41, 5.74) is 11.5. The number of halogens is 1. The molecule has 0 radical (unpaired) electrons. The maximum atomic E-state index is 6.94. The van der Waals surface area contributed by atoms with E-state index in [1.165, 1.54) is 42.7 Å². The first-order chi connectivity index (χ1) is 12.5. The summed E-state index contributed by atoms with van der Waals surface area (Å²) in [7, 11) is 4.43. The molecule has 4 rings (SSSR count). The van der Waals surface area contributed by atoms with Crippen molar-refractivity contribution in [3.8, 4) is 0 Å². The minimum Gasteiger partial charge on any atom is -0.372 e. The molecule has 1 heterocycles. The molecule has 3 nitrogen and oxygen atoms in total. The van der Waals surface area contributed by atoms with Gasteiger partial charge in [-0.05, 0) is 86.8 Å². The summed E-state index contributed by atoms with van der Waals surface area (Å²) in [5.74, 6) is 0. The number of piperidine rings is 1. The summed E-state index contributed by atoms with van der Waals surface area (Å²) >= 11 is 6.24. The number of hydrogen-bond donors (Lipinski definition) is 1. The first kappa shape index (κ1) is 17.8. The van der Waals surface area contributed by atoms with Gasteiger partial charge in [-0.15, -0.1) is 0 Å². The van der Waals surface area contributed by atoms with Crippen molar-refractivity contribution in [2.24, 2.45) is 5.73 Å². The van der Waals surface area contributed by atoms with E-state index in [1.54, 1.807) is 0 Å². The third-order valence-corrected chi connectivity index (χ3v) is 6.58. The second-order valence-electron chi connectivity index (χ2n) is 7.97. The van der Waals surface area contributed by atoms with Crippen molar-refractivity contribution < 1.29 is 0 Å². The Kier molecular flexibility index (Phi) is 4.72. The number of aryl methyl sites for hydroxylation is 1. The molecule has 0 bridgehead atoms. The fraction of sp³-hybridized carbons (Fsp3) is 0.455. The van der Waals surface area contributed by atoms with E-state index in [-0.39, 0.29) is 0 Å². The van der Waals surface area contributed by atoms with E-state index in [9.17, 15) is 0 Å². The van der Waals surface area contributed by atoms with Gasteiger partial charge in [0.25, 0.3) is 0 Å². The van der Waals surface area contributed by atoms with Crippen LogP contribution in [0.4, 0.5) is 5.69 Å². The van der Waals surface area contributed by atoms with Gasteiger partial charge in [0, 0.05) is 23.8 Å². The van der Waals surface area contributed by atoms with E-state index in [0.29, 0.717) is 6.04 Å². The fourth-order valence-electron chi connectivity index (χ4n) is 4.54. The predicted molar refractivity (Wildman–Crippen MR) is 110 cm³/mol. The standard InChI is InChI=1S/C22H28ClN3/c1-25-12-9-19(10-13-25)26(2)20-7-6-16-8-11-22(24,21(16)15-20)17-4-3-5-18(23)14-17/h3-7,14-15,19H,8-13,24H2,1-2H3. The van der Waals surface area contributed by atoms with E-state index in [2.05, 4.69) is 48.2 Å². The molecule has 1 fully saturated rings. The fourth-order valence-corrected chi connectivity index (χ4v) is 4.73. The highest BCUT2D eigenvalue weighted by atomic mass is 35.5. The molecule has 4 heteroatoms. The highest BCUT2D eigenvalue weighted by molar-refractivity contribution is 6.30. The van der Waals surface area contributed by atoms with Crippen molar-refractivity contribution in [3.05, 3.63) is 64.2 Å². The number of nitrogens with zero attached hydrogens (tertiary/aromatic N) is 2. The van der Waals surface area contributed by atoms with E-state index >= 15 is 0 Å². The molecule has 2 aromatic rings. The monoisotopic (exact) mass is 369 g/mol. The molecular weight excluding hydrogens is 342 g/mol. The first-order valence-corrected chi connectivity index (χ1v) is 9.95. The zero-order chi connectivity index (χ0) is 18.3. The van der Waals surface area contributed by atoms with Gasteiger partial charge in [0.15, 0.2) is 0 Å². The molecule has 0 spiro atoms. The zero-order valence-corrected chi connectivity index (χ0v) is 16.5. The van der Waals surface area contributed by atoms with E-state index < -0.39 is 5.54 Å². The molecule has 0 amide bonds. The minimum absolute atomic E-state index is 0.441. The number of anilines is 1. The Morgan fingerprint density at radius 1 is 1.15 bits per heavy atom. The second-order valence-corrected chi connectivity index (χ2v) is 8.40. The molecule has 1 atom stereocenters. The van der Waals surface area contributed by atoms with Crippen LogP contribution in [0, 0.1) is 0 Å². The van der Waals surface area contributed by atoms with Crippen LogP contribution in [-0.2, 0) is 12.0 Å². The van der Waals surface area contributed by atoms with Crippen molar-refractivity contribution >= 4 is 17.3 Å². The number of hydrogen-bond acceptors (Lipinski definition) is 3. The molecule has 26 heavy (non-hydrogen) atoms. The van der Waals surface area contributed by atoms with Gasteiger partial charge in [-0.3, -0.25) is 0 Å². The van der Waals surface area contributed by atoms with E-state index in [4.69, 9.17) is 17.3 Å². The molecule has 2 N–H and O–H groups in total. The third-order valence-electron chi connectivity index (χ3n) is 6.35. The molecule has 1 saturated heterocycles. The molecule has 2 aliphatic rings. The third kappa shape index (κ3) is 3.13. The molecule has 1 aliphatic carbocycles. The summed E-state index contributed by atoms with van der Waals surface area (Å²) in [4.78, 5) is 4.86. The van der Waals surface area contributed by atoms with Gasteiger partial charge in [-0.2, -0.15) is 0 Å². The number of benzene rings is 2. The van der Waals surface area contributed by atoms with Gasteiger partial charge in [-0.1, -0.05) is 29.8 Å². The highest BCUT2D eigenvalue weighted by Crippen LogP contribution is 2.42. The highest BCUT2D eigenvalue weighted by Gasteiger charge is 2.37. The predicted octanol–water partition coefficient (Wildman–Crippen LogP) is 4.02. The quantitative estimate of drug-likeness (QED) is 0.886. The Morgan fingerprint density at radius 3 is 2.65 bits per heavy atom. The van der Waals surface area contributed by atoms with Crippen molar-refractivity contribution in [2.45, 2.75) is 37.3 Å². The molecule has 1 aliphatic heterocycles. The van der Waals surface area contributed by atoms with Gasteiger partial charge < -0.3 is 15.5 Å². The van der Waals surface area contributed by atoms with Gasteiger partial charge in [-0.25, -0.2) is 0 Å². The lowest BCUT2D eigenvalue weighted by Crippen LogP contribution is -2.42. The Labute approximate surface area is 161 Å². The SMILES string of the molecule is CN1CCC(N(C)c2ccc3c(c2)C(N)(c2cccc(Cl)c2)CC3)CC1. The smallest absolute Gasteiger partial charge is 0.0672 e. The van der Waals surface area contributed by atoms with Crippen LogP contribution >= 0.6 is 11.6 Å². The maximum Gasteiger partial charge on any atom is 0.0672 e. The molecule has 138 valence electrons. The number of fused-ring (bicyclic) bond motifs is 1. The number of nitrogens with two attached hydrogens (primary N) is 1. The Hall–Kier alpha value is -1.55. The summed E-state index contributed by atoms with van der Waals surface area (Å²) in [6.45, 7) is 2.34. The Bertz CT molecular complexity index is 798. The van der Waals surface area contributed by atoms with Crippen molar-refractivity contribution in [1.82, 2.24) is 4.90 Å². The second kappa shape index (κ2) is 6.88. The summed E-state index contributed by atoms with van der Waals surface area (Å²) in [6, 6.07) is 15.5. The van der Waals surface area contributed by atoms with Crippen LogP contribution in [0.2, 0.25) is 5.02 Å². The summed E-state index contributed by atoms with van der Waals surface area (Å²) in [6.07, 6.45) is 4.39. The van der Waals surface area contributed by atoms with Crippen LogP contribution < -0.4 is 10.6 Å². The summed E-state index contributed by atoms with van der Waals surface area (Å²) < 4.78 is 0. The van der Waals surface area contributed by atoms with Gasteiger partial charge >= 0.3 is 0 Å². The van der Waals surface area contributed by atoms with Crippen LogP contribution in [0.15, 0.2) is 42.5 Å². The van der Waals surface area contributed by atoms with Gasteiger partial charge in [0.05, 0.1) is 5.54 Å². The zero-order valence-electron chi connectivity index (χ0n) is 15.7. The largest absolute Gasteiger partial charge is 0.372 e. The first-order valence-electron chi connectivity index (χ1n) is 9.57.